The standard InChI is InChI=1S/C17H23N5O2S/c1-13(2)22-15-8-6-5-7-14(15)19-17(22)16-18-9-10-21(16)11-12-25(23,24)20(3)4/h5-10,13H,11-12H2,1-4H3. The molecule has 2 heterocycles. The molecule has 0 N–H and O–H groups in total. The van der Waals surface area contributed by atoms with E-state index >= 15 is 0 Å². The number of para-hydroxylation sites is 2. The van der Waals surface area contributed by atoms with Gasteiger partial charge in [0.15, 0.2) is 11.6 Å². The molecule has 0 bridgehead atoms. The van der Waals surface area contributed by atoms with Crippen molar-refractivity contribution < 1.29 is 8.42 Å². The van der Waals surface area contributed by atoms with Crippen LogP contribution in [-0.4, -0.2) is 51.7 Å². The monoisotopic (exact) mass is 361 g/mol. The molecule has 25 heavy (non-hydrogen) atoms. The maximum absolute atomic E-state index is 12.1. The second-order valence-electron chi connectivity index (χ2n) is 6.43. The molecule has 8 heteroatoms. The van der Waals surface area contributed by atoms with E-state index in [1.54, 1.807) is 26.5 Å². The van der Waals surface area contributed by atoms with Gasteiger partial charge in [0.05, 0.1) is 16.8 Å². The Labute approximate surface area is 148 Å². The second kappa shape index (κ2) is 6.61. The Morgan fingerprint density at radius 3 is 2.56 bits per heavy atom. The van der Waals surface area contributed by atoms with Crippen molar-refractivity contribution in [1.82, 2.24) is 23.4 Å². The fourth-order valence-corrected chi connectivity index (χ4v) is 3.61. The summed E-state index contributed by atoms with van der Waals surface area (Å²) in [6.07, 6.45) is 3.48. The maximum Gasteiger partial charge on any atom is 0.215 e. The number of fused-ring (bicyclic) bond motifs is 1. The van der Waals surface area contributed by atoms with Gasteiger partial charge in [-0.2, -0.15) is 0 Å². The molecule has 0 spiro atoms. The first-order valence-corrected chi connectivity index (χ1v) is 9.81. The Morgan fingerprint density at radius 2 is 1.88 bits per heavy atom. The zero-order valence-corrected chi connectivity index (χ0v) is 15.7. The van der Waals surface area contributed by atoms with Gasteiger partial charge >= 0.3 is 0 Å². The SMILES string of the molecule is CC(C)n1c(-c2nccn2CCS(=O)(=O)N(C)C)nc2ccccc21. The average molecular weight is 361 g/mol. The molecule has 0 radical (unpaired) electrons. The average Bonchev–Trinajstić information content (AvgIpc) is 3.16. The molecule has 3 aromatic rings. The Balaban J connectivity index is 2.03. The Morgan fingerprint density at radius 1 is 1.16 bits per heavy atom. The van der Waals surface area contributed by atoms with Crippen LogP contribution in [0.25, 0.3) is 22.7 Å². The summed E-state index contributed by atoms with van der Waals surface area (Å²) in [4.78, 5) is 9.18. The van der Waals surface area contributed by atoms with E-state index in [9.17, 15) is 8.42 Å². The first-order valence-electron chi connectivity index (χ1n) is 8.20. The van der Waals surface area contributed by atoms with Crippen LogP contribution in [0.3, 0.4) is 0 Å². The summed E-state index contributed by atoms with van der Waals surface area (Å²) in [6.45, 7) is 4.53. The van der Waals surface area contributed by atoms with Crippen LogP contribution >= 0.6 is 0 Å². The van der Waals surface area contributed by atoms with Gasteiger partial charge in [-0.15, -0.1) is 0 Å². The lowest BCUT2D eigenvalue weighted by atomic mass is 10.3. The van der Waals surface area contributed by atoms with E-state index < -0.39 is 10.0 Å². The Kier molecular flexibility index (Phi) is 4.66. The molecule has 0 amide bonds. The molecule has 1 aromatic carbocycles. The number of aromatic nitrogens is 4. The third kappa shape index (κ3) is 3.32. The van der Waals surface area contributed by atoms with Gasteiger partial charge in [-0.1, -0.05) is 12.1 Å². The summed E-state index contributed by atoms with van der Waals surface area (Å²) in [5.74, 6) is 1.45. The summed E-state index contributed by atoms with van der Waals surface area (Å²) in [7, 11) is -0.179. The van der Waals surface area contributed by atoms with Crippen LogP contribution in [0.2, 0.25) is 0 Å². The van der Waals surface area contributed by atoms with Crippen LogP contribution < -0.4 is 0 Å². The van der Waals surface area contributed by atoms with E-state index in [0.29, 0.717) is 12.4 Å². The van der Waals surface area contributed by atoms with Gasteiger partial charge in [-0.05, 0) is 26.0 Å². The van der Waals surface area contributed by atoms with E-state index in [1.807, 2.05) is 28.8 Å². The molecule has 0 aliphatic heterocycles. The fraction of sp³-hybridized carbons (Fsp3) is 0.412. The van der Waals surface area contributed by atoms with Crippen molar-refractivity contribution in [2.45, 2.75) is 26.4 Å². The first-order chi connectivity index (χ1) is 11.8. The van der Waals surface area contributed by atoms with Crippen LogP contribution in [0, 0.1) is 0 Å². The summed E-state index contributed by atoms with van der Waals surface area (Å²) in [6, 6.07) is 8.16. The number of sulfonamides is 1. The highest BCUT2D eigenvalue weighted by Crippen LogP contribution is 2.27. The summed E-state index contributed by atoms with van der Waals surface area (Å²) < 4.78 is 29.3. The minimum Gasteiger partial charge on any atom is -0.327 e. The number of rotatable bonds is 6. The van der Waals surface area contributed by atoms with Gasteiger partial charge in [0.25, 0.3) is 0 Å². The van der Waals surface area contributed by atoms with Gasteiger partial charge in [0, 0.05) is 39.1 Å². The third-order valence-corrected chi connectivity index (χ3v) is 5.99. The highest BCUT2D eigenvalue weighted by Gasteiger charge is 2.20. The molecule has 3 rings (SSSR count). The molecule has 0 aliphatic carbocycles. The Hall–Kier alpha value is -2.19. The fourth-order valence-electron chi connectivity index (χ4n) is 2.82. The van der Waals surface area contributed by atoms with Crippen LogP contribution in [0.4, 0.5) is 0 Å². The number of hydrogen-bond acceptors (Lipinski definition) is 4. The van der Waals surface area contributed by atoms with Crippen molar-refractivity contribution in [2.24, 2.45) is 0 Å². The number of benzene rings is 1. The highest BCUT2D eigenvalue weighted by molar-refractivity contribution is 7.89. The third-order valence-electron chi connectivity index (χ3n) is 4.17. The van der Waals surface area contributed by atoms with Crippen LogP contribution in [-0.2, 0) is 16.6 Å². The lowest BCUT2D eigenvalue weighted by Gasteiger charge is -2.15. The molecule has 0 saturated heterocycles. The van der Waals surface area contributed by atoms with Crippen molar-refractivity contribution in [3.8, 4) is 11.6 Å². The second-order valence-corrected chi connectivity index (χ2v) is 8.73. The predicted molar refractivity (Wildman–Crippen MR) is 98.8 cm³/mol. The molecule has 0 aliphatic rings. The van der Waals surface area contributed by atoms with Gasteiger partial charge in [-0.3, -0.25) is 0 Å². The lowest BCUT2D eigenvalue weighted by molar-refractivity contribution is 0.515. The number of imidazole rings is 2. The Bertz CT molecular complexity index is 986. The molecule has 0 atom stereocenters. The number of aryl methyl sites for hydroxylation is 1. The number of nitrogens with zero attached hydrogens (tertiary/aromatic N) is 5. The molecule has 134 valence electrons. The van der Waals surface area contributed by atoms with Crippen molar-refractivity contribution in [2.75, 3.05) is 19.8 Å². The van der Waals surface area contributed by atoms with E-state index in [4.69, 9.17) is 4.98 Å². The topological polar surface area (TPSA) is 73.0 Å². The largest absolute Gasteiger partial charge is 0.327 e. The normalized spacial score (nSPS) is 12.6. The van der Waals surface area contributed by atoms with Crippen LogP contribution in [0.1, 0.15) is 19.9 Å². The lowest BCUT2D eigenvalue weighted by Crippen LogP contribution is -2.27. The van der Waals surface area contributed by atoms with E-state index in [-0.39, 0.29) is 11.8 Å². The molecule has 7 nitrogen and oxygen atoms in total. The van der Waals surface area contributed by atoms with Crippen LogP contribution in [0.15, 0.2) is 36.7 Å². The summed E-state index contributed by atoms with van der Waals surface area (Å²) >= 11 is 0. The quantitative estimate of drug-likeness (QED) is 0.676. The molecule has 0 unspecified atom stereocenters. The van der Waals surface area contributed by atoms with E-state index in [1.165, 1.54) is 4.31 Å². The van der Waals surface area contributed by atoms with E-state index in [2.05, 4.69) is 23.4 Å². The predicted octanol–water partition coefficient (Wildman–Crippen LogP) is 2.37. The first kappa shape index (κ1) is 17.6. The zero-order chi connectivity index (χ0) is 18.2. The van der Waals surface area contributed by atoms with Gasteiger partial charge in [0.1, 0.15) is 0 Å². The summed E-state index contributed by atoms with van der Waals surface area (Å²) in [5.41, 5.74) is 1.95. The van der Waals surface area contributed by atoms with Crippen LogP contribution in [0.5, 0.6) is 0 Å². The van der Waals surface area contributed by atoms with Crippen molar-refractivity contribution >= 4 is 21.1 Å². The maximum atomic E-state index is 12.1. The minimum atomic E-state index is -3.27. The molecular formula is C17H23N5O2S. The van der Waals surface area contributed by atoms with E-state index in [0.717, 1.165) is 16.9 Å². The zero-order valence-electron chi connectivity index (χ0n) is 14.9. The van der Waals surface area contributed by atoms with Gasteiger partial charge < -0.3 is 9.13 Å². The van der Waals surface area contributed by atoms with Crippen molar-refractivity contribution in [1.29, 1.82) is 0 Å². The van der Waals surface area contributed by atoms with Gasteiger partial charge in [-0.25, -0.2) is 22.7 Å². The molecule has 0 fully saturated rings. The molecular weight excluding hydrogens is 338 g/mol. The molecule has 2 aromatic heterocycles. The smallest absolute Gasteiger partial charge is 0.215 e. The minimum absolute atomic E-state index is 0.0191. The highest BCUT2D eigenvalue weighted by atomic mass is 32.2. The van der Waals surface area contributed by atoms with Crippen molar-refractivity contribution in [3.05, 3.63) is 36.7 Å². The summed E-state index contributed by atoms with van der Waals surface area (Å²) in [5, 5.41) is 0. The molecule has 0 saturated carbocycles. The number of hydrogen-bond donors (Lipinski definition) is 0. The van der Waals surface area contributed by atoms with Gasteiger partial charge in [0.2, 0.25) is 10.0 Å². The van der Waals surface area contributed by atoms with Crippen molar-refractivity contribution in [3.63, 3.8) is 0 Å².